The summed E-state index contributed by atoms with van der Waals surface area (Å²) < 4.78 is 30.3. The molecule has 0 aliphatic carbocycles. The molecule has 0 spiro atoms. The van der Waals surface area contributed by atoms with E-state index in [2.05, 4.69) is 4.98 Å². The fraction of sp³-hybridized carbons (Fsp3) is 0.214. The maximum atomic E-state index is 12.4. The summed E-state index contributed by atoms with van der Waals surface area (Å²) in [6.45, 7) is 0.366. The molecule has 1 aromatic carbocycles. The van der Waals surface area contributed by atoms with Gasteiger partial charge in [0.15, 0.2) is 14.9 Å². The van der Waals surface area contributed by atoms with E-state index in [0.29, 0.717) is 6.61 Å². The molecule has 2 N–H and O–H groups in total. The Morgan fingerprint density at radius 1 is 1.25 bits per heavy atom. The molecule has 0 fully saturated rings. The highest BCUT2D eigenvalue weighted by Crippen LogP contribution is 2.35. The first-order valence-electron chi connectivity index (χ1n) is 6.23. The lowest BCUT2D eigenvalue weighted by Crippen LogP contribution is -2.18. The number of nitrogens with two attached hydrogens (primary N) is 1. The summed E-state index contributed by atoms with van der Waals surface area (Å²) in [5.41, 5.74) is 6.80. The Bertz CT molecular complexity index is 744. The van der Waals surface area contributed by atoms with Gasteiger partial charge in [-0.15, -0.1) is 0 Å². The average molecular weight is 290 g/mol. The van der Waals surface area contributed by atoms with Crippen LogP contribution in [0.1, 0.15) is 11.5 Å². The Hall–Kier alpha value is -2.08. The molecule has 0 saturated carbocycles. The quantitative estimate of drug-likeness (QED) is 0.928. The minimum atomic E-state index is -3.53. The number of nitrogen functional groups attached to an aromatic ring is 1. The van der Waals surface area contributed by atoms with E-state index in [9.17, 15) is 8.42 Å². The van der Waals surface area contributed by atoms with Gasteiger partial charge >= 0.3 is 0 Å². The van der Waals surface area contributed by atoms with Crippen LogP contribution in [0.2, 0.25) is 0 Å². The minimum Gasteiger partial charge on any atom is -0.493 e. The minimum absolute atomic E-state index is 0.0504. The number of hydrogen-bond donors (Lipinski definition) is 1. The fourth-order valence-corrected chi connectivity index (χ4v) is 3.99. The van der Waals surface area contributed by atoms with Crippen LogP contribution >= 0.6 is 0 Å². The third kappa shape index (κ3) is 2.22. The maximum Gasteiger partial charge on any atom is 0.198 e. The molecule has 0 saturated heterocycles. The van der Waals surface area contributed by atoms with Gasteiger partial charge in [0, 0.05) is 17.7 Å². The second kappa shape index (κ2) is 4.79. The molecule has 1 aliphatic heterocycles. The van der Waals surface area contributed by atoms with Crippen molar-refractivity contribution in [2.45, 2.75) is 10.9 Å². The summed E-state index contributed by atoms with van der Waals surface area (Å²) in [6.07, 6.45) is 1.43. The number of ether oxygens (including phenoxy) is 1. The number of hydrogen-bond acceptors (Lipinski definition) is 5. The first-order valence-corrected chi connectivity index (χ1v) is 7.88. The molecule has 1 unspecified atom stereocenters. The molecule has 2 aromatic rings. The first-order chi connectivity index (χ1) is 9.58. The number of fused-ring (bicyclic) bond motifs is 1. The Kier molecular flexibility index (Phi) is 3.10. The highest BCUT2D eigenvalue weighted by Gasteiger charge is 2.31. The summed E-state index contributed by atoms with van der Waals surface area (Å²) in [6, 6.07) is 10.6. The van der Waals surface area contributed by atoms with Crippen LogP contribution in [0.25, 0.3) is 0 Å². The molecule has 1 aromatic heterocycles. The van der Waals surface area contributed by atoms with Gasteiger partial charge in [-0.3, -0.25) is 0 Å². The number of para-hydroxylation sites is 1. The van der Waals surface area contributed by atoms with Gasteiger partial charge in [-0.1, -0.05) is 18.2 Å². The van der Waals surface area contributed by atoms with Crippen LogP contribution in [-0.2, 0) is 9.84 Å². The lowest BCUT2D eigenvalue weighted by Gasteiger charge is -2.10. The molecular weight excluding hydrogens is 276 g/mol. The van der Waals surface area contributed by atoms with Crippen molar-refractivity contribution < 1.29 is 13.2 Å². The van der Waals surface area contributed by atoms with Gasteiger partial charge in [-0.05, 0) is 18.2 Å². The normalized spacial score (nSPS) is 17.5. The largest absolute Gasteiger partial charge is 0.493 e. The van der Waals surface area contributed by atoms with Crippen LogP contribution < -0.4 is 10.5 Å². The monoisotopic (exact) mass is 290 g/mol. The average Bonchev–Trinajstić information content (AvgIpc) is 2.82. The van der Waals surface area contributed by atoms with Gasteiger partial charge in [-0.2, -0.15) is 0 Å². The summed E-state index contributed by atoms with van der Waals surface area (Å²) in [5, 5.41) is -0.0515. The van der Waals surface area contributed by atoms with Crippen LogP contribution in [0.15, 0.2) is 47.6 Å². The third-order valence-electron chi connectivity index (χ3n) is 3.31. The zero-order valence-electron chi connectivity index (χ0n) is 10.7. The molecule has 5 nitrogen and oxygen atoms in total. The van der Waals surface area contributed by atoms with Crippen molar-refractivity contribution in [1.29, 1.82) is 0 Å². The van der Waals surface area contributed by atoms with E-state index in [1.54, 1.807) is 12.1 Å². The molecule has 0 amide bonds. The third-order valence-corrected chi connectivity index (χ3v) is 5.09. The van der Waals surface area contributed by atoms with Gasteiger partial charge in [0.1, 0.15) is 5.75 Å². The van der Waals surface area contributed by atoms with Gasteiger partial charge in [0.2, 0.25) is 0 Å². The standard InChI is InChI=1S/C14H14N2O3S/c15-12-5-3-7-16-14(12)20(17,18)9-10-8-19-13-6-2-1-4-11(10)13/h1-7,10H,8-9,15H2. The van der Waals surface area contributed by atoms with E-state index in [1.807, 2.05) is 24.3 Å². The highest BCUT2D eigenvalue weighted by atomic mass is 32.2. The molecule has 1 aliphatic rings. The molecule has 20 heavy (non-hydrogen) atoms. The van der Waals surface area contributed by atoms with E-state index in [1.165, 1.54) is 6.20 Å². The fourth-order valence-electron chi connectivity index (χ4n) is 2.37. The highest BCUT2D eigenvalue weighted by molar-refractivity contribution is 7.91. The summed E-state index contributed by atoms with van der Waals surface area (Å²) in [5.74, 6) is 0.518. The van der Waals surface area contributed by atoms with Crippen molar-refractivity contribution in [3.05, 3.63) is 48.2 Å². The first kappa shape index (κ1) is 12.9. The van der Waals surface area contributed by atoms with Crippen LogP contribution in [0.4, 0.5) is 5.69 Å². The van der Waals surface area contributed by atoms with Gasteiger partial charge < -0.3 is 10.5 Å². The molecule has 6 heteroatoms. The summed E-state index contributed by atoms with van der Waals surface area (Å²) in [7, 11) is -3.53. The Labute approximate surface area is 117 Å². The van der Waals surface area contributed by atoms with E-state index in [4.69, 9.17) is 10.5 Å². The number of nitrogens with zero attached hydrogens (tertiary/aromatic N) is 1. The van der Waals surface area contributed by atoms with Crippen LogP contribution in [-0.4, -0.2) is 25.8 Å². The molecule has 0 bridgehead atoms. The van der Waals surface area contributed by atoms with Crippen LogP contribution in [0.3, 0.4) is 0 Å². The molecule has 3 rings (SSSR count). The van der Waals surface area contributed by atoms with E-state index in [0.717, 1.165) is 11.3 Å². The molecular formula is C14H14N2O3S. The van der Waals surface area contributed by atoms with Crippen molar-refractivity contribution >= 4 is 15.5 Å². The molecule has 2 heterocycles. The zero-order chi connectivity index (χ0) is 14.2. The van der Waals surface area contributed by atoms with Crippen molar-refractivity contribution in [2.75, 3.05) is 18.1 Å². The van der Waals surface area contributed by atoms with E-state index < -0.39 is 9.84 Å². The van der Waals surface area contributed by atoms with Crippen molar-refractivity contribution in [2.24, 2.45) is 0 Å². The summed E-state index contributed by atoms with van der Waals surface area (Å²) in [4.78, 5) is 3.89. The van der Waals surface area contributed by atoms with Crippen molar-refractivity contribution in [3.8, 4) is 5.75 Å². The number of anilines is 1. The van der Waals surface area contributed by atoms with Crippen molar-refractivity contribution in [3.63, 3.8) is 0 Å². The zero-order valence-corrected chi connectivity index (χ0v) is 11.5. The van der Waals surface area contributed by atoms with Gasteiger partial charge in [0.05, 0.1) is 18.0 Å². The Balaban J connectivity index is 1.91. The van der Waals surface area contributed by atoms with Crippen molar-refractivity contribution in [1.82, 2.24) is 4.98 Å². The molecule has 104 valence electrons. The predicted octanol–water partition coefficient (Wildman–Crippen LogP) is 1.61. The second-order valence-corrected chi connectivity index (χ2v) is 6.67. The Morgan fingerprint density at radius 3 is 2.85 bits per heavy atom. The second-order valence-electron chi connectivity index (χ2n) is 4.72. The topological polar surface area (TPSA) is 82.3 Å². The number of benzene rings is 1. The number of sulfone groups is 1. The Morgan fingerprint density at radius 2 is 2.05 bits per heavy atom. The lowest BCUT2D eigenvalue weighted by molar-refractivity contribution is 0.337. The molecule has 0 radical (unpaired) electrons. The lowest BCUT2D eigenvalue weighted by atomic mass is 10.0. The molecule has 1 atom stereocenters. The number of rotatable bonds is 3. The number of aromatic nitrogens is 1. The van der Waals surface area contributed by atoms with Crippen LogP contribution in [0, 0.1) is 0 Å². The van der Waals surface area contributed by atoms with E-state index in [-0.39, 0.29) is 22.4 Å². The van der Waals surface area contributed by atoms with E-state index >= 15 is 0 Å². The smallest absolute Gasteiger partial charge is 0.198 e. The predicted molar refractivity (Wildman–Crippen MR) is 75.4 cm³/mol. The maximum absolute atomic E-state index is 12.4. The SMILES string of the molecule is Nc1cccnc1S(=O)(=O)CC1COc2ccccc21. The summed E-state index contributed by atoms with van der Waals surface area (Å²) >= 11 is 0. The number of pyridine rings is 1. The van der Waals surface area contributed by atoms with Gasteiger partial charge in [-0.25, -0.2) is 13.4 Å². The van der Waals surface area contributed by atoms with Crippen LogP contribution in [0.5, 0.6) is 5.75 Å². The van der Waals surface area contributed by atoms with Gasteiger partial charge in [0.25, 0.3) is 0 Å².